The van der Waals surface area contributed by atoms with Crippen molar-refractivity contribution in [3.63, 3.8) is 0 Å². The van der Waals surface area contributed by atoms with Gasteiger partial charge in [0, 0.05) is 18.7 Å². The Morgan fingerprint density at radius 1 is 1.09 bits per heavy atom. The zero-order valence-corrected chi connectivity index (χ0v) is 13.6. The first-order chi connectivity index (χ1) is 11.0. The van der Waals surface area contributed by atoms with Gasteiger partial charge in [0.2, 0.25) is 15.9 Å². The number of fused-ring (bicyclic) bond motifs is 1. The Morgan fingerprint density at radius 3 is 2.48 bits per heavy atom. The molecule has 2 N–H and O–H groups in total. The maximum absolute atomic E-state index is 12.5. The SMILES string of the molecule is CC(=O)Nc1ccc(S(=O)(=O)N[C@H]2CCc3ccccc32)cc1. The van der Waals surface area contributed by atoms with Crippen molar-refractivity contribution in [2.45, 2.75) is 30.7 Å². The van der Waals surface area contributed by atoms with E-state index in [0.717, 1.165) is 18.4 Å². The van der Waals surface area contributed by atoms with Crippen LogP contribution in [0, 0.1) is 0 Å². The van der Waals surface area contributed by atoms with Gasteiger partial charge in [-0.2, -0.15) is 0 Å². The number of aryl methyl sites for hydroxylation is 1. The summed E-state index contributed by atoms with van der Waals surface area (Å²) in [5, 5.41) is 2.62. The van der Waals surface area contributed by atoms with E-state index in [-0.39, 0.29) is 16.8 Å². The summed E-state index contributed by atoms with van der Waals surface area (Å²) in [6.45, 7) is 1.41. The monoisotopic (exact) mass is 330 g/mol. The third-order valence-electron chi connectivity index (χ3n) is 3.92. The van der Waals surface area contributed by atoms with Gasteiger partial charge in [0.15, 0.2) is 0 Å². The van der Waals surface area contributed by atoms with Gasteiger partial charge in [0.25, 0.3) is 0 Å². The molecule has 0 fully saturated rings. The normalized spacial score (nSPS) is 16.8. The highest BCUT2D eigenvalue weighted by Crippen LogP contribution is 2.32. The lowest BCUT2D eigenvalue weighted by molar-refractivity contribution is -0.114. The lowest BCUT2D eigenvalue weighted by Crippen LogP contribution is -2.27. The van der Waals surface area contributed by atoms with E-state index >= 15 is 0 Å². The predicted octanol–water partition coefficient (Wildman–Crippen LogP) is 2.61. The average Bonchev–Trinajstić information content (AvgIpc) is 2.90. The molecule has 1 amide bonds. The summed E-state index contributed by atoms with van der Waals surface area (Å²) in [5.74, 6) is -0.193. The van der Waals surface area contributed by atoms with Gasteiger partial charge < -0.3 is 5.32 Å². The highest BCUT2D eigenvalue weighted by Gasteiger charge is 2.27. The van der Waals surface area contributed by atoms with Crippen LogP contribution in [-0.2, 0) is 21.2 Å². The predicted molar refractivity (Wildman–Crippen MR) is 88.6 cm³/mol. The molecule has 0 radical (unpaired) electrons. The van der Waals surface area contributed by atoms with Gasteiger partial charge in [0.1, 0.15) is 0 Å². The second-order valence-corrected chi connectivity index (χ2v) is 7.33. The summed E-state index contributed by atoms with van der Waals surface area (Å²) in [6.07, 6.45) is 1.65. The van der Waals surface area contributed by atoms with Crippen molar-refractivity contribution in [1.82, 2.24) is 4.72 Å². The molecule has 5 nitrogen and oxygen atoms in total. The molecule has 0 unspecified atom stereocenters. The van der Waals surface area contributed by atoms with Crippen LogP contribution in [-0.4, -0.2) is 14.3 Å². The fraction of sp³-hybridized carbons (Fsp3) is 0.235. The molecule has 1 aliphatic rings. The van der Waals surface area contributed by atoms with Crippen LogP contribution in [0.2, 0.25) is 0 Å². The van der Waals surface area contributed by atoms with E-state index in [1.807, 2.05) is 24.3 Å². The van der Waals surface area contributed by atoms with E-state index < -0.39 is 10.0 Å². The summed E-state index contributed by atoms with van der Waals surface area (Å²) in [7, 11) is -3.59. The van der Waals surface area contributed by atoms with Crippen LogP contribution in [0.4, 0.5) is 5.69 Å². The van der Waals surface area contributed by atoms with Crippen molar-refractivity contribution in [2.75, 3.05) is 5.32 Å². The number of anilines is 1. The zero-order chi connectivity index (χ0) is 16.4. The van der Waals surface area contributed by atoms with Gasteiger partial charge in [-0.25, -0.2) is 13.1 Å². The number of hydrogen-bond acceptors (Lipinski definition) is 3. The molecule has 0 aromatic heterocycles. The molecule has 2 aromatic carbocycles. The fourth-order valence-corrected chi connectivity index (χ4v) is 4.11. The van der Waals surface area contributed by atoms with Gasteiger partial charge in [0.05, 0.1) is 4.90 Å². The van der Waals surface area contributed by atoms with Crippen molar-refractivity contribution in [3.05, 3.63) is 59.7 Å². The minimum Gasteiger partial charge on any atom is -0.326 e. The second-order valence-electron chi connectivity index (χ2n) is 5.62. The molecule has 0 heterocycles. The molecule has 0 saturated heterocycles. The Bertz CT molecular complexity index is 829. The van der Waals surface area contributed by atoms with Crippen molar-refractivity contribution >= 4 is 21.6 Å². The number of nitrogens with one attached hydrogen (secondary N) is 2. The summed E-state index contributed by atoms with van der Waals surface area (Å²) < 4.78 is 27.8. The number of hydrogen-bond donors (Lipinski definition) is 2. The first-order valence-corrected chi connectivity index (χ1v) is 8.92. The van der Waals surface area contributed by atoms with Crippen molar-refractivity contribution in [1.29, 1.82) is 0 Å². The number of benzene rings is 2. The second kappa shape index (κ2) is 6.14. The standard InChI is InChI=1S/C17H18N2O3S/c1-12(20)18-14-7-9-15(10-8-14)23(21,22)19-17-11-6-13-4-2-3-5-16(13)17/h2-5,7-10,17,19H,6,11H2,1H3,(H,18,20)/t17-/m0/s1. The lowest BCUT2D eigenvalue weighted by Gasteiger charge is -2.14. The molecule has 0 saturated carbocycles. The quantitative estimate of drug-likeness (QED) is 0.905. The molecule has 0 aliphatic heterocycles. The summed E-state index contributed by atoms with van der Waals surface area (Å²) in [4.78, 5) is 11.2. The van der Waals surface area contributed by atoms with Gasteiger partial charge >= 0.3 is 0 Å². The lowest BCUT2D eigenvalue weighted by atomic mass is 10.1. The van der Waals surface area contributed by atoms with E-state index in [4.69, 9.17) is 0 Å². The maximum atomic E-state index is 12.5. The minimum atomic E-state index is -3.59. The molecule has 1 atom stereocenters. The van der Waals surface area contributed by atoms with Gasteiger partial charge in [-0.3, -0.25) is 4.79 Å². The molecule has 120 valence electrons. The molecule has 6 heteroatoms. The van der Waals surface area contributed by atoms with Crippen LogP contribution in [0.1, 0.15) is 30.5 Å². The molecular weight excluding hydrogens is 312 g/mol. The fourth-order valence-electron chi connectivity index (χ4n) is 2.86. The van der Waals surface area contributed by atoms with E-state index in [0.29, 0.717) is 5.69 Å². The van der Waals surface area contributed by atoms with Crippen LogP contribution in [0.3, 0.4) is 0 Å². The van der Waals surface area contributed by atoms with Crippen LogP contribution in [0.5, 0.6) is 0 Å². The highest BCUT2D eigenvalue weighted by atomic mass is 32.2. The van der Waals surface area contributed by atoms with E-state index in [1.54, 1.807) is 12.1 Å². The van der Waals surface area contributed by atoms with Gasteiger partial charge in [-0.1, -0.05) is 24.3 Å². The molecule has 3 rings (SSSR count). The Labute approximate surface area is 135 Å². The molecule has 1 aliphatic carbocycles. The number of carbonyl (C=O) groups excluding carboxylic acids is 1. The van der Waals surface area contributed by atoms with E-state index in [1.165, 1.54) is 24.6 Å². The maximum Gasteiger partial charge on any atom is 0.241 e. The molecule has 0 bridgehead atoms. The number of sulfonamides is 1. The Morgan fingerprint density at radius 2 is 1.78 bits per heavy atom. The Kier molecular flexibility index (Phi) is 4.19. The third kappa shape index (κ3) is 3.43. The van der Waals surface area contributed by atoms with Crippen molar-refractivity contribution in [2.24, 2.45) is 0 Å². The summed E-state index contributed by atoms with van der Waals surface area (Å²) in [5.41, 5.74) is 2.81. The van der Waals surface area contributed by atoms with Crippen LogP contribution >= 0.6 is 0 Å². The topological polar surface area (TPSA) is 75.3 Å². The Balaban J connectivity index is 1.79. The van der Waals surface area contributed by atoms with Gasteiger partial charge in [-0.05, 0) is 48.2 Å². The summed E-state index contributed by atoms with van der Waals surface area (Å²) >= 11 is 0. The molecular formula is C17H18N2O3S. The number of carbonyl (C=O) groups is 1. The van der Waals surface area contributed by atoms with Gasteiger partial charge in [-0.15, -0.1) is 0 Å². The molecule has 2 aromatic rings. The van der Waals surface area contributed by atoms with Crippen molar-refractivity contribution < 1.29 is 13.2 Å². The highest BCUT2D eigenvalue weighted by molar-refractivity contribution is 7.89. The van der Waals surface area contributed by atoms with Crippen molar-refractivity contribution in [3.8, 4) is 0 Å². The Hall–Kier alpha value is -2.18. The van der Waals surface area contributed by atoms with Crippen LogP contribution < -0.4 is 10.0 Å². The molecule has 23 heavy (non-hydrogen) atoms. The summed E-state index contributed by atoms with van der Waals surface area (Å²) in [6, 6.07) is 13.9. The zero-order valence-electron chi connectivity index (χ0n) is 12.7. The third-order valence-corrected chi connectivity index (χ3v) is 5.40. The van der Waals surface area contributed by atoms with Crippen LogP contribution in [0.15, 0.2) is 53.4 Å². The largest absolute Gasteiger partial charge is 0.326 e. The van der Waals surface area contributed by atoms with E-state index in [9.17, 15) is 13.2 Å². The first kappa shape index (κ1) is 15.7. The first-order valence-electron chi connectivity index (χ1n) is 7.43. The number of amides is 1. The van der Waals surface area contributed by atoms with Crippen LogP contribution in [0.25, 0.3) is 0 Å². The average molecular weight is 330 g/mol. The smallest absolute Gasteiger partial charge is 0.241 e. The van der Waals surface area contributed by atoms with E-state index in [2.05, 4.69) is 10.0 Å². The minimum absolute atomic E-state index is 0.189. The number of rotatable bonds is 4. The molecule has 0 spiro atoms.